The van der Waals surface area contributed by atoms with Gasteiger partial charge in [0.05, 0.1) is 10.5 Å². The maximum Gasteiger partial charge on any atom is 0.292 e. The first-order valence-electron chi connectivity index (χ1n) is 2.99. The lowest BCUT2D eigenvalue weighted by molar-refractivity contribution is -0.385. The SMILES string of the molecule is O=[N+]([O-])c1cnccc1C(Br)Br. The second kappa shape index (κ2) is 3.95. The molecular weight excluding hydrogens is 292 g/mol. The third-order valence-electron chi connectivity index (χ3n) is 1.26. The minimum absolute atomic E-state index is 0.0104. The van der Waals surface area contributed by atoms with Gasteiger partial charge in [-0.2, -0.15) is 0 Å². The van der Waals surface area contributed by atoms with Crippen LogP contribution in [0, 0.1) is 10.1 Å². The van der Waals surface area contributed by atoms with Crippen molar-refractivity contribution in [2.45, 2.75) is 3.74 Å². The molecule has 0 atom stereocenters. The van der Waals surface area contributed by atoms with Gasteiger partial charge in [-0.1, -0.05) is 31.9 Å². The highest BCUT2D eigenvalue weighted by Gasteiger charge is 2.17. The van der Waals surface area contributed by atoms with Gasteiger partial charge < -0.3 is 0 Å². The molecule has 4 nitrogen and oxygen atoms in total. The molecule has 0 bridgehead atoms. The Morgan fingerprint density at radius 2 is 2.25 bits per heavy atom. The van der Waals surface area contributed by atoms with Crippen LogP contribution in [0.1, 0.15) is 9.30 Å². The number of nitrogens with zero attached hydrogens (tertiary/aromatic N) is 2. The first-order valence-corrected chi connectivity index (χ1v) is 4.82. The van der Waals surface area contributed by atoms with Crippen LogP contribution in [0.3, 0.4) is 0 Å². The van der Waals surface area contributed by atoms with Crippen LogP contribution in [0.4, 0.5) is 5.69 Å². The summed E-state index contributed by atoms with van der Waals surface area (Å²) in [5, 5.41) is 10.5. The van der Waals surface area contributed by atoms with Crippen LogP contribution in [0.5, 0.6) is 0 Å². The second-order valence-corrected chi connectivity index (χ2v) is 5.05. The summed E-state index contributed by atoms with van der Waals surface area (Å²) in [7, 11) is 0. The van der Waals surface area contributed by atoms with Crippen LogP contribution in [0.25, 0.3) is 0 Å². The molecule has 0 aliphatic heterocycles. The monoisotopic (exact) mass is 294 g/mol. The standard InChI is InChI=1S/C6H4Br2N2O2/c7-6(8)4-1-2-9-3-5(4)10(11)12/h1-3,6H. The van der Waals surface area contributed by atoms with Crippen molar-refractivity contribution in [2.24, 2.45) is 0 Å². The molecule has 6 heteroatoms. The lowest BCUT2D eigenvalue weighted by Gasteiger charge is -2.01. The highest BCUT2D eigenvalue weighted by molar-refractivity contribution is 9.24. The predicted octanol–water partition coefficient (Wildman–Crippen LogP) is 2.78. The number of rotatable bonds is 2. The van der Waals surface area contributed by atoms with Crippen molar-refractivity contribution in [3.63, 3.8) is 0 Å². The molecule has 0 aromatic carbocycles. The molecule has 0 aliphatic carbocycles. The molecule has 1 aromatic heterocycles. The van der Waals surface area contributed by atoms with Gasteiger partial charge >= 0.3 is 0 Å². The third-order valence-corrected chi connectivity index (χ3v) is 2.25. The molecule has 1 aromatic rings. The molecule has 1 heterocycles. The van der Waals surface area contributed by atoms with Gasteiger partial charge in [-0.25, -0.2) is 0 Å². The van der Waals surface area contributed by atoms with Gasteiger partial charge in [0, 0.05) is 6.20 Å². The summed E-state index contributed by atoms with van der Waals surface area (Å²) in [6.45, 7) is 0. The number of halogens is 2. The summed E-state index contributed by atoms with van der Waals surface area (Å²) < 4.78 is -0.214. The zero-order valence-corrected chi connectivity index (χ0v) is 8.95. The van der Waals surface area contributed by atoms with Crippen LogP contribution in [0.2, 0.25) is 0 Å². The van der Waals surface area contributed by atoms with Gasteiger partial charge in [0.15, 0.2) is 0 Å². The van der Waals surface area contributed by atoms with E-state index in [1.54, 1.807) is 6.07 Å². The Morgan fingerprint density at radius 1 is 1.58 bits per heavy atom. The Hall–Kier alpha value is -0.490. The highest BCUT2D eigenvalue weighted by Crippen LogP contribution is 2.34. The number of aromatic nitrogens is 1. The Bertz CT molecular complexity index is 303. The quantitative estimate of drug-likeness (QED) is 0.479. The van der Waals surface area contributed by atoms with Crippen molar-refractivity contribution >= 4 is 37.5 Å². The molecule has 0 spiro atoms. The van der Waals surface area contributed by atoms with Gasteiger partial charge in [-0.3, -0.25) is 15.1 Å². The average molecular weight is 296 g/mol. The second-order valence-electron chi connectivity index (χ2n) is 1.99. The number of pyridine rings is 1. The summed E-state index contributed by atoms with van der Waals surface area (Å²) in [4.78, 5) is 13.7. The minimum Gasteiger partial charge on any atom is -0.258 e. The van der Waals surface area contributed by atoms with E-state index in [4.69, 9.17) is 0 Å². The molecule has 0 amide bonds. The number of hydrogen-bond donors (Lipinski definition) is 0. The first-order chi connectivity index (χ1) is 5.63. The van der Waals surface area contributed by atoms with E-state index >= 15 is 0 Å². The molecule has 0 aliphatic rings. The molecular formula is C6H4Br2N2O2. The number of nitro groups is 1. The smallest absolute Gasteiger partial charge is 0.258 e. The van der Waals surface area contributed by atoms with Gasteiger partial charge in [0.1, 0.15) is 9.93 Å². The lowest BCUT2D eigenvalue weighted by atomic mass is 10.3. The summed E-state index contributed by atoms with van der Waals surface area (Å²) in [6, 6.07) is 1.59. The van der Waals surface area contributed by atoms with Crippen LogP contribution in [-0.4, -0.2) is 9.91 Å². The largest absolute Gasteiger partial charge is 0.292 e. The molecule has 64 valence electrons. The molecule has 0 saturated carbocycles. The fraction of sp³-hybridized carbons (Fsp3) is 0.167. The molecule has 0 fully saturated rings. The Balaban J connectivity index is 3.17. The predicted molar refractivity (Wildman–Crippen MR) is 51.5 cm³/mol. The van der Waals surface area contributed by atoms with Crippen molar-refractivity contribution in [2.75, 3.05) is 0 Å². The Labute approximate surface area is 85.4 Å². The number of hydrogen-bond acceptors (Lipinski definition) is 3. The van der Waals surface area contributed by atoms with Crippen LogP contribution >= 0.6 is 31.9 Å². The van der Waals surface area contributed by atoms with Gasteiger partial charge in [-0.15, -0.1) is 0 Å². The zero-order valence-electron chi connectivity index (χ0n) is 5.78. The van der Waals surface area contributed by atoms with Crippen LogP contribution in [-0.2, 0) is 0 Å². The average Bonchev–Trinajstić information content (AvgIpc) is 2.04. The Kier molecular flexibility index (Phi) is 3.16. The Morgan fingerprint density at radius 3 is 2.67 bits per heavy atom. The first kappa shape index (κ1) is 9.60. The van der Waals surface area contributed by atoms with E-state index < -0.39 is 4.92 Å². The van der Waals surface area contributed by atoms with E-state index in [1.165, 1.54) is 12.4 Å². The molecule has 12 heavy (non-hydrogen) atoms. The lowest BCUT2D eigenvalue weighted by Crippen LogP contribution is -1.94. The van der Waals surface area contributed by atoms with Crippen LogP contribution in [0.15, 0.2) is 18.5 Å². The van der Waals surface area contributed by atoms with Crippen molar-refractivity contribution < 1.29 is 4.92 Å². The van der Waals surface area contributed by atoms with Crippen molar-refractivity contribution in [1.82, 2.24) is 4.98 Å². The topological polar surface area (TPSA) is 56.0 Å². The van der Waals surface area contributed by atoms with E-state index in [1.807, 2.05) is 0 Å². The van der Waals surface area contributed by atoms with E-state index in [0.717, 1.165) is 0 Å². The van der Waals surface area contributed by atoms with E-state index in [2.05, 4.69) is 36.8 Å². The summed E-state index contributed by atoms with van der Waals surface area (Å²) in [6.07, 6.45) is 2.74. The van der Waals surface area contributed by atoms with Gasteiger partial charge in [0.25, 0.3) is 5.69 Å². The van der Waals surface area contributed by atoms with Crippen molar-refractivity contribution in [3.8, 4) is 0 Å². The fourth-order valence-corrected chi connectivity index (χ4v) is 1.51. The van der Waals surface area contributed by atoms with Crippen LogP contribution < -0.4 is 0 Å². The van der Waals surface area contributed by atoms with Gasteiger partial charge in [-0.05, 0) is 6.07 Å². The van der Waals surface area contributed by atoms with Crippen molar-refractivity contribution in [3.05, 3.63) is 34.1 Å². The molecule has 0 radical (unpaired) electrons. The summed E-state index contributed by atoms with van der Waals surface area (Å²) >= 11 is 6.37. The van der Waals surface area contributed by atoms with E-state index in [0.29, 0.717) is 5.56 Å². The molecule has 0 unspecified atom stereocenters. The van der Waals surface area contributed by atoms with E-state index in [9.17, 15) is 10.1 Å². The summed E-state index contributed by atoms with van der Waals surface area (Å²) in [5.41, 5.74) is 0.575. The van der Waals surface area contributed by atoms with Crippen molar-refractivity contribution in [1.29, 1.82) is 0 Å². The molecule has 0 N–H and O–H groups in total. The fourth-order valence-electron chi connectivity index (χ4n) is 0.734. The number of alkyl halides is 2. The summed E-state index contributed by atoms with van der Waals surface area (Å²) in [5.74, 6) is 0. The normalized spacial score (nSPS) is 10.2. The highest BCUT2D eigenvalue weighted by atomic mass is 79.9. The zero-order chi connectivity index (χ0) is 9.14. The molecule has 0 saturated heterocycles. The minimum atomic E-state index is -0.460. The molecule has 1 rings (SSSR count). The van der Waals surface area contributed by atoms with E-state index in [-0.39, 0.29) is 9.42 Å². The van der Waals surface area contributed by atoms with Gasteiger partial charge in [0.2, 0.25) is 0 Å². The maximum atomic E-state index is 10.5. The third kappa shape index (κ3) is 2.01. The maximum absolute atomic E-state index is 10.5.